The van der Waals surface area contributed by atoms with Crippen molar-refractivity contribution in [1.82, 2.24) is 14.4 Å². The topological polar surface area (TPSA) is 133 Å². The van der Waals surface area contributed by atoms with Crippen LogP contribution in [0.25, 0.3) is 11.4 Å². The second kappa shape index (κ2) is 13.5. The Kier molecular flexibility index (Phi) is 9.08. The summed E-state index contributed by atoms with van der Waals surface area (Å²) in [5, 5.41) is 12.0. The number of thiazole rings is 1. The van der Waals surface area contributed by atoms with Crippen LogP contribution in [0.5, 0.6) is 11.5 Å². The number of nitrogens with zero attached hydrogens (tertiary/aromatic N) is 4. The molecule has 1 saturated heterocycles. The molecule has 11 nitrogen and oxygen atoms in total. The van der Waals surface area contributed by atoms with Gasteiger partial charge in [-0.2, -0.15) is 0 Å². The van der Waals surface area contributed by atoms with Gasteiger partial charge in [0.1, 0.15) is 29.4 Å². The van der Waals surface area contributed by atoms with E-state index in [1.165, 1.54) is 11.0 Å². The molecular formula is C36H32N4O7S. The number of anilines is 1. The van der Waals surface area contributed by atoms with Crippen molar-refractivity contribution in [3.8, 4) is 11.5 Å². The molecule has 3 aromatic heterocycles. The first-order chi connectivity index (χ1) is 23.2. The summed E-state index contributed by atoms with van der Waals surface area (Å²) in [4.78, 5) is 51.1. The number of Topliss-reactive ketones (excluding diaryl/α,β-unsaturated/α-hetero) is 1. The molecule has 48 heavy (non-hydrogen) atoms. The maximum absolute atomic E-state index is 13.9. The van der Waals surface area contributed by atoms with Crippen LogP contribution in [-0.2, 0) is 20.9 Å². The monoisotopic (exact) mass is 664 g/mol. The minimum Gasteiger partial charge on any atom is -0.505 e. The Balaban J connectivity index is 1.51. The summed E-state index contributed by atoms with van der Waals surface area (Å²) in [6.07, 6.45) is 3.16. The third-order valence-electron chi connectivity index (χ3n) is 7.70. The highest BCUT2D eigenvalue weighted by Gasteiger charge is 2.49. The average molecular weight is 665 g/mol. The van der Waals surface area contributed by atoms with Crippen molar-refractivity contribution in [3.63, 3.8) is 0 Å². The van der Waals surface area contributed by atoms with Gasteiger partial charge in [0.2, 0.25) is 0 Å². The Bertz CT molecular complexity index is 2080. The molecule has 1 unspecified atom stereocenters. The SMILES string of the molecule is C=CCOC(=O)c1sc(N2C(=O)C(=O)/C(=C(/O)c3c(C)nc4ccccn34)C2c2ccc(OCc3ccccc3)c(OCC)c2)nc1C. The fraction of sp³-hybridized carbons (Fsp3) is 0.194. The standard InChI is InChI=1S/C36H32N4O7S/c1-5-18-46-35(44)33-22(4)38-36(48-33)40-30(24-15-16-25(26(19-24)45-6-2)47-20-23-12-8-7-9-13-23)28(32(42)34(40)43)31(41)29-21(3)37-27-14-10-11-17-39(27)29/h5,7-17,19,30,41H,1,6,18,20H2,2-4H3/b31-28+. The molecule has 1 aliphatic rings. The minimum atomic E-state index is -1.15. The highest BCUT2D eigenvalue weighted by atomic mass is 32.1. The zero-order valence-electron chi connectivity index (χ0n) is 26.5. The number of aliphatic hydroxyl groups is 1. The maximum Gasteiger partial charge on any atom is 0.350 e. The number of esters is 1. The minimum absolute atomic E-state index is 0.00637. The van der Waals surface area contributed by atoms with Crippen molar-refractivity contribution in [2.75, 3.05) is 18.1 Å². The van der Waals surface area contributed by atoms with Crippen LogP contribution in [0.2, 0.25) is 0 Å². The summed E-state index contributed by atoms with van der Waals surface area (Å²) in [5.41, 5.74) is 2.84. The van der Waals surface area contributed by atoms with Crippen LogP contribution in [0.15, 0.2) is 91.2 Å². The first kappa shape index (κ1) is 32.2. The molecule has 5 aromatic rings. The number of carbonyl (C=O) groups is 3. The van der Waals surface area contributed by atoms with Crippen molar-refractivity contribution < 1.29 is 33.7 Å². The molecular weight excluding hydrogens is 632 g/mol. The second-order valence-corrected chi connectivity index (χ2v) is 11.8. The van der Waals surface area contributed by atoms with E-state index in [2.05, 4.69) is 16.5 Å². The van der Waals surface area contributed by atoms with Gasteiger partial charge < -0.3 is 19.3 Å². The van der Waals surface area contributed by atoms with Crippen molar-refractivity contribution in [3.05, 3.63) is 124 Å². The predicted molar refractivity (Wildman–Crippen MR) is 180 cm³/mol. The third-order valence-corrected chi connectivity index (χ3v) is 8.84. The Labute approximate surface area is 280 Å². The number of imidazole rings is 1. The predicted octanol–water partition coefficient (Wildman–Crippen LogP) is 6.35. The second-order valence-electron chi connectivity index (χ2n) is 10.9. The molecule has 0 radical (unpaired) electrons. The largest absolute Gasteiger partial charge is 0.505 e. The Hall–Kier alpha value is -5.75. The first-order valence-electron chi connectivity index (χ1n) is 15.2. The van der Waals surface area contributed by atoms with Crippen LogP contribution in [0.4, 0.5) is 5.13 Å². The van der Waals surface area contributed by atoms with Gasteiger partial charge in [-0.05, 0) is 56.2 Å². The van der Waals surface area contributed by atoms with Gasteiger partial charge >= 0.3 is 11.9 Å². The van der Waals surface area contributed by atoms with Gasteiger partial charge in [-0.15, -0.1) is 0 Å². The number of amides is 1. The third kappa shape index (κ3) is 5.93. The lowest BCUT2D eigenvalue weighted by Gasteiger charge is -2.24. The summed E-state index contributed by atoms with van der Waals surface area (Å²) in [5.74, 6) is -2.05. The summed E-state index contributed by atoms with van der Waals surface area (Å²) >= 11 is 0.915. The Morgan fingerprint density at radius 1 is 1.00 bits per heavy atom. The van der Waals surface area contributed by atoms with Gasteiger partial charge in [0.25, 0.3) is 5.78 Å². The molecule has 12 heteroatoms. The number of aliphatic hydroxyl groups excluding tert-OH is 1. The van der Waals surface area contributed by atoms with E-state index in [-0.39, 0.29) is 34.5 Å². The van der Waals surface area contributed by atoms with Crippen LogP contribution in [0, 0.1) is 13.8 Å². The number of fused-ring (bicyclic) bond motifs is 1. The number of hydrogen-bond acceptors (Lipinski definition) is 10. The number of rotatable bonds is 11. The number of hydrogen-bond donors (Lipinski definition) is 1. The van der Waals surface area contributed by atoms with Crippen LogP contribution in [0.1, 0.15) is 50.8 Å². The molecule has 1 N–H and O–H groups in total. The van der Waals surface area contributed by atoms with E-state index in [1.54, 1.807) is 54.8 Å². The van der Waals surface area contributed by atoms with Crippen LogP contribution < -0.4 is 14.4 Å². The molecule has 2 aromatic carbocycles. The van der Waals surface area contributed by atoms with E-state index in [4.69, 9.17) is 14.2 Å². The quantitative estimate of drug-likeness (QED) is 0.0564. The lowest BCUT2D eigenvalue weighted by molar-refractivity contribution is -0.132. The number of ketones is 1. The number of benzene rings is 2. The summed E-state index contributed by atoms with van der Waals surface area (Å²) in [6, 6.07) is 19.0. The molecule has 0 spiro atoms. The highest BCUT2D eigenvalue weighted by Crippen LogP contribution is 2.46. The molecule has 0 saturated carbocycles. The smallest absolute Gasteiger partial charge is 0.350 e. The van der Waals surface area contributed by atoms with Crippen LogP contribution in [0.3, 0.4) is 0 Å². The summed E-state index contributed by atoms with van der Waals surface area (Å²) in [6.45, 7) is 9.32. The summed E-state index contributed by atoms with van der Waals surface area (Å²) < 4.78 is 19.0. The van der Waals surface area contributed by atoms with Crippen molar-refractivity contribution in [2.24, 2.45) is 0 Å². The molecule has 1 amide bonds. The van der Waals surface area contributed by atoms with Gasteiger partial charge in [0.05, 0.1) is 29.6 Å². The number of aromatic nitrogens is 3. The fourth-order valence-electron chi connectivity index (χ4n) is 5.56. The lowest BCUT2D eigenvalue weighted by Crippen LogP contribution is -2.29. The number of aryl methyl sites for hydroxylation is 2. The molecule has 6 rings (SSSR count). The Morgan fingerprint density at radius 3 is 2.52 bits per heavy atom. The van der Waals surface area contributed by atoms with E-state index in [1.807, 2.05) is 43.3 Å². The normalized spacial score (nSPS) is 15.6. The molecule has 244 valence electrons. The van der Waals surface area contributed by atoms with Gasteiger partial charge in [0.15, 0.2) is 22.4 Å². The molecule has 1 aliphatic heterocycles. The highest BCUT2D eigenvalue weighted by molar-refractivity contribution is 7.17. The first-order valence-corrected chi connectivity index (χ1v) is 16.0. The zero-order valence-corrected chi connectivity index (χ0v) is 27.3. The number of carbonyl (C=O) groups excluding carboxylic acids is 3. The van der Waals surface area contributed by atoms with E-state index in [9.17, 15) is 19.5 Å². The molecule has 0 bridgehead atoms. The lowest BCUT2D eigenvalue weighted by atomic mass is 9.96. The molecule has 0 aliphatic carbocycles. The van der Waals surface area contributed by atoms with Gasteiger partial charge in [-0.25, -0.2) is 14.8 Å². The Morgan fingerprint density at radius 2 is 1.77 bits per heavy atom. The van der Waals surface area contributed by atoms with Crippen LogP contribution >= 0.6 is 11.3 Å². The van der Waals surface area contributed by atoms with E-state index >= 15 is 0 Å². The van der Waals surface area contributed by atoms with E-state index in [0.29, 0.717) is 40.7 Å². The molecule has 1 fully saturated rings. The van der Waals surface area contributed by atoms with Gasteiger partial charge in [-0.3, -0.25) is 18.9 Å². The maximum atomic E-state index is 13.9. The molecule has 4 heterocycles. The van der Waals surface area contributed by atoms with E-state index < -0.39 is 29.5 Å². The fourth-order valence-corrected chi connectivity index (χ4v) is 6.55. The van der Waals surface area contributed by atoms with E-state index in [0.717, 1.165) is 16.9 Å². The van der Waals surface area contributed by atoms with Crippen molar-refractivity contribution in [2.45, 2.75) is 33.4 Å². The summed E-state index contributed by atoms with van der Waals surface area (Å²) in [7, 11) is 0. The average Bonchev–Trinajstić information content (AvgIpc) is 3.72. The number of ether oxygens (including phenoxy) is 3. The molecule has 1 atom stereocenters. The van der Waals surface area contributed by atoms with Crippen molar-refractivity contribution in [1.29, 1.82) is 0 Å². The van der Waals surface area contributed by atoms with Gasteiger partial charge in [-0.1, -0.05) is 66.5 Å². The van der Waals surface area contributed by atoms with Crippen molar-refractivity contribution >= 4 is 45.5 Å². The van der Waals surface area contributed by atoms with Gasteiger partial charge in [0, 0.05) is 6.20 Å². The van der Waals surface area contributed by atoms with Crippen LogP contribution in [-0.4, -0.2) is 50.3 Å². The zero-order chi connectivity index (χ0) is 33.9. The number of pyridine rings is 1.